The number of hydrogen-bond donors (Lipinski definition) is 4. The predicted octanol–water partition coefficient (Wildman–Crippen LogP) is 1.71. The van der Waals surface area contributed by atoms with Gasteiger partial charge in [-0.25, -0.2) is 0 Å². The number of hydrogen-bond acceptors (Lipinski definition) is 5. The van der Waals surface area contributed by atoms with Crippen molar-refractivity contribution in [2.24, 2.45) is 0 Å². The molecule has 29 heavy (non-hydrogen) atoms. The van der Waals surface area contributed by atoms with Gasteiger partial charge < -0.3 is 29.7 Å². The fraction of sp³-hybridized carbons (Fsp3) is 0.391. The Hall–Kier alpha value is -2.22. The van der Waals surface area contributed by atoms with Crippen molar-refractivity contribution in [3.8, 4) is 0 Å². The second-order valence-corrected chi connectivity index (χ2v) is 7.81. The summed E-state index contributed by atoms with van der Waals surface area (Å²) in [6.07, 6.45) is -2.81. The van der Waals surface area contributed by atoms with Gasteiger partial charge in [0, 0.05) is 18.3 Å². The van der Waals surface area contributed by atoms with Crippen LogP contribution in [0, 0.1) is 6.92 Å². The smallest absolute Gasteiger partial charge is 0.113 e. The molecule has 1 aliphatic rings. The summed E-state index contributed by atoms with van der Waals surface area (Å²) in [4.78, 5) is 0. The van der Waals surface area contributed by atoms with E-state index >= 15 is 0 Å². The molecule has 0 amide bonds. The Bertz CT molecular complexity index is 965. The number of rotatable bonds is 5. The molecule has 0 saturated carbocycles. The molecule has 4 rings (SSSR count). The first-order chi connectivity index (χ1) is 14.0. The van der Waals surface area contributed by atoms with Gasteiger partial charge in [0.15, 0.2) is 0 Å². The van der Waals surface area contributed by atoms with Gasteiger partial charge in [0.1, 0.15) is 30.5 Å². The van der Waals surface area contributed by atoms with Gasteiger partial charge in [-0.05, 0) is 42.0 Å². The Morgan fingerprint density at radius 3 is 2.41 bits per heavy atom. The summed E-state index contributed by atoms with van der Waals surface area (Å²) in [5.74, 6) is 0. The van der Waals surface area contributed by atoms with E-state index in [2.05, 4.69) is 35.8 Å². The van der Waals surface area contributed by atoms with Crippen molar-refractivity contribution < 1.29 is 25.2 Å². The van der Waals surface area contributed by atoms with E-state index < -0.39 is 37.1 Å². The van der Waals surface area contributed by atoms with Crippen LogP contribution in [-0.2, 0) is 17.7 Å². The van der Waals surface area contributed by atoms with Gasteiger partial charge in [0.25, 0.3) is 0 Å². The Balaban J connectivity index is 1.58. The lowest BCUT2D eigenvalue weighted by Gasteiger charge is -2.40. The van der Waals surface area contributed by atoms with Crippen molar-refractivity contribution >= 4 is 10.9 Å². The molecule has 1 aliphatic heterocycles. The fourth-order valence-corrected chi connectivity index (χ4v) is 3.95. The van der Waals surface area contributed by atoms with Crippen molar-refractivity contribution in [3.63, 3.8) is 0 Å². The van der Waals surface area contributed by atoms with E-state index in [4.69, 9.17) is 4.74 Å². The van der Waals surface area contributed by atoms with E-state index in [1.165, 1.54) is 11.1 Å². The van der Waals surface area contributed by atoms with Gasteiger partial charge in [-0.1, -0.05) is 42.0 Å². The number of fused-ring (bicyclic) bond motifs is 1. The molecule has 2 heterocycles. The lowest BCUT2D eigenvalue weighted by Crippen LogP contribution is -2.55. The van der Waals surface area contributed by atoms with Crippen LogP contribution in [0.4, 0.5) is 0 Å². The second kappa shape index (κ2) is 8.26. The van der Waals surface area contributed by atoms with E-state index in [9.17, 15) is 20.4 Å². The first kappa shape index (κ1) is 20.1. The van der Waals surface area contributed by atoms with Gasteiger partial charge >= 0.3 is 0 Å². The van der Waals surface area contributed by atoms with E-state index in [-0.39, 0.29) is 0 Å². The number of benzene rings is 2. The van der Waals surface area contributed by atoms with Crippen LogP contribution in [0.25, 0.3) is 10.9 Å². The van der Waals surface area contributed by atoms with Crippen LogP contribution < -0.4 is 0 Å². The maximum Gasteiger partial charge on any atom is 0.113 e. The molecule has 0 bridgehead atoms. The van der Waals surface area contributed by atoms with Gasteiger partial charge in [-0.15, -0.1) is 0 Å². The standard InChI is InChI=1S/C23H27NO5/c1-14-2-4-15(5-3-14)8-10-24-11-9-16-6-7-17(12-18(16)24)23-22(28)21(27)20(26)19(13-25)29-23/h2-7,9,11-12,19-23,25-28H,8,10,13H2,1H3/t19-,20-,21+,22-,23+/m1/s1. The highest BCUT2D eigenvalue weighted by atomic mass is 16.5. The van der Waals surface area contributed by atoms with Gasteiger partial charge in [0.2, 0.25) is 0 Å². The molecule has 6 heteroatoms. The molecule has 1 saturated heterocycles. The molecule has 6 nitrogen and oxygen atoms in total. The van der Waals surface area contributed by atoms with Crippen molar-refractivity contribution in [3.05, 3.63) is 71.4 Å². The average Bonchev–Trinajstić information content (AvgIpc) is 3.14. The predicted molar refractivity (Wildman–Crippen MR) is 110 cm³/mol. The lowest BCUT2D eigenvalue weighted by atomic mass is 9.91. The van der Waals surface area contributed by atoms with Crippen LogP contribution in [-0.4, -0.2) is 56.0 Å². The number of ether oxygens (including phenoxy) is 1. The van der Waals surface area contributed by atoms with Gasteiger partial charge in [-0.3, -0.25) is 0 Å². The second-order valence-electron chi connectivity index (χ2n) is 7.81. The summed E-state index contributed by atoms with van der Waals surface area (Å²) in [5.41, 5.74) is 4.21. The van der Waals surface area contributed by atoms with Crippen molar-refractivity contribution in [2.45, 2.75) is 50.4 Å². The highest BCUT2D eigenvalue weighted by Gasteiger charge is 2.43. The lowest BCUT2D eigenvalue weighted by molar-refractivity contribution is -0.231. The van der Waals surface area contributed by atoms with Crippen LogP contribution in [0.5, 0.6) is 0 Å². The topological polar surface area (TPSA) is 95.1 Å². The summed E-state index contributed by atoms with van der Waals surface area (Å²) in [6, 6.07) is 16.3. The molecule has 154 valence electrons. The van der Waals surface area contributed by atoms with Crippen molar-refractivity contribution in [1.82, 2.24) is 4.57 Å². The van der Waals surface area contributed by atoms with Crippen LogP contribution in [0.15, 0.2) is 54.7 Å². The Kier molecular flexibility index (Phi) is 5.72. The SMILES string of the molecule is Cc1ccc(CCn2ccc3ccc([C@@H]4O[C@H](CO)[C@@H](O)[C@H](O)[C@H]4O)cc32)cc1. The molecule has 3 aromatic rings. The molecule has 4 N–H and O–H groups in total. The van der Waals surface area contributed by atoms with Crippen LogP contribution in [0.1, 0.15) is 22.8 Å². The summed E-state index contributed by atoms with van der Waals surface area (Å²) in [6.45, 7) is 2.45. The zero-order valence-corrected chi connectivity index (χ0v) is 16.3. The quantitative estimate of drug-likeness (QED) is 0.526. The van der Waals surface area contributed by atoms with E-state index in [0.717, 1.165) is 23.9 Å². The van der Waals surface area contributed by atoms with E-state index in [1.807, 2.05) is 30.5 Å². The summed E-state index contributed by atoms with van der Waals surface area (Å²) in [5, 5.41) is 41.0. The molecule has 1 aromatic heterocycles. The third kappa shape index (κ3) is 3.95. The highest BCUT2D eigenvalue weighted by Crippen LogP contribution is 2.34. The first-order valence-electron chi connectivity index (χ1n) is 9.93. The van der Waals surface area contributed by atoms with Crippen LogP contribution >= 0.6 is 0 Å². The minimum absolute atomic E-state index is 0.434. The molecular formula is C23H27NO5. The molecule has 2 aromatic carbocycles. The molecule has 0 unspecified atom stereocenters. The number of aryl methyl sites for hydroxylation is 3. The molecule has 1 fully saturated rings. The maximum absolute atomic E-state index is 10.4. The monoisotopic (exact) mass is 397 g/mol. The van der Waals surface area contributed by atoms with Gasteiger partial charge in [0.05, 0.1) is 6.61 Å². The van der Waals surface area contributed by atoms with E-state index in [1.54, 1.807) is 0 Å². The number of aliphatic hydroxyl groups is 4. The molecule has 0 radical (unpaired) electrons. The minimum Gasteiger partial charge on any atom is -0.394 e. The normalized spacial score (nSPS) is 27.4. The molecule has 0 spiro atoms. The van der Waals surface area contributed by atoms with Crippen molar-refractivity contribution in [2.75, 3.05) is 6.61 Å². The Labute approximate surface area is 169 Å². The average molecular weight is 397 g/mol. The first-order valence-corrected chi connectivity index (χ1v) is 9.93. The minimum atomic E-state index is -1.38. The number of nitrogens with zero attached hydrogens (tertiary/aromatic N) is 1. The molecular weight excluding hydrogens is 370 g/mol. The third-order valence-electron chi connectivity index (χ3n) is 5.78. The molecule has 0 aliphatic carbocycles. The zero-order valence-electron chi connectivity index (χ0n) is 16.3. The summed E-state index contributed by atoms with van der Waals surface area (Å²) in [7, 11) is 0. The van der Waals surface area contributed by atoms with Crippen LogP contribution in [0.2, 0.25) is 0 Å². The Morgan fingerprint density at radius 2 is 1.69 bits per heavy atom. The van der Waals surface area contributed by atoms with Crippen molar-refractivity contribution in [1.29, 1.82) is 0 Å². The number of aliphatic hydroxyl groups excluding tert-OH is 4. The highest BCUT2D eigenvalue weighted by molar-refractivity contribution is 5.81. The third-order valence-corrected chi connectivity index (χ3v) is 5.78. The van der Waals surface area contributed by atoms with E-state index in [0.29, 0.717) is 5.56 Å². The maximum atomic E-state index is 10.4. The summed E-state index contributed by atoms with van der Waals surface area (Å²) >= 11 is 0. The Morgan fingerprint density at radius 1 is 0.931 bits per heavy atom. The molecule has 5 atom stereocenters. The number of aromatic nitrogens is 1. The zero-order chi connectivity index (χ0) is 20.5. The largest absolute Gasteiger partial charge is 0.394 e. The van der Waals surface area contributed by atoms with Crippen LogP contribution in [0.3, 0.4) is 0 Å². The summed E-state index contributed by atoms with van der Waals surface area (Å²) < 4.78 is 7.86. The van der Waals surface area contributed by atoms with Gasteiger partial charge in [-0.2, -0.15) is 0 Å². The fourth-order valence-electron chi connectivity index (χ4n) is 3.95.